The molecule has 0 radical (unpaired) electrons. The van der Waals surface area contributed by atoms with Crippen LogP contribution in [-0.2, 0) is 32.1 Å². The van der Waals surface area contributed by atoms with E-state index in [4.69, 9.17) is 4.74 Å². The van der Waals surface area contributed by atoms with Crippen LogP contribution in [0.15, 0.2) is 40.1 Å². The van der Waals surface area contributed by atoms with Crippen LogP contribution in [0, 0.1) is 17.0 Å². The molecule has 39 heavy (non-hydrogen) atoms. The highest BCUT2D eigenvalue weighted by molar-refractivity contribution is 7.81. The summed E-state index contributed by atoms with van der Waals surface area (Å²) in [6.45, 7) is 1.44. The fourth-order valence-electron chi connectivity index (χ4n) is 3.33. The number of benzene rings is 1. The molecule has 0 fully saturated rings. The standard InChI is InChI=1S/C21H23N7O9S2/c1-3-37-17(30)12-25(16(29)11-26-10-13(2)18(31)22-20(26)32)8-9-27(39(35)36)21-24-23-19(38-21)14-6-4-5-7-15(14)28(33)34/h4-7,10H,3,8-9,11-12H2,1-2H3,(H,35,36)(H,22,31,32). The number of amides is 1. The van der Waals surface area contributed by atoms with Crippen molar-refractivity contribution >= 4 is 45.3 Å². The number of ether oxygens (including phenoxy) is 1. The first-order valence-electron chi connectivity index (χ1n) is 11.2. The number of carbonyl (C=O) groups excluding carboxylic acids is 2. The van der Waals surface area contributed by atoms with Crippen molar-refractivity contribution in [1.82, 2.24) is 24.6 Å². The van der Waals surface area contributed by atoms with Crippen LogP contribution in [0.3, 0.4) is 0 Å². The molecule has 0 spiro atoms. The van der Waals surface area contributed by atoms with Gasteiger partial charge in [-0.15, -0.1) is 10.2 Å². The lowest BCUT2D eigenvalue weighted by molar-refractivity contribution is -0.384. The monoisotopic (exact) mass is 581 g/mol. The average molecular weight is 582 g/mol. The van der Waals surface area contributed by atoms with Crippen molar-refractivity contribution in [3.05, 3.63) is 67.0 Å². The van der Waals surface area contributed by atoms with E-state index in [9.17, 15) is 38.1 Å². The topological polar surface area (TPSA) is 211 Å². The molecule has 1 amide bonds. The fourth-order valence-corrected chi connectivity index (χ4v) is 4.85. The van der Waals surface area contributed by atoms with Gasteiger partial charge in [0.1, 0.15) is 13.1 Å². The van der Waals surface area contributed by atoms with Gasteiger partial charge in [-0.3, -0.25) is 38.6 Å². The predicted octanol–water partition coefficient (Wildman–Crippen LogP) is 0.307. The number of carbonyl (C=O) groups is 2. The maximum atomic E-state index is 13.0. The highest BCUT2D eigenvalue weighted by Gasteiger charge is 2.25. The summed E-state index contributed by atoms with van der Waals surface area (Å²) in [6, 6.07) is 5.80. The Bertz CT molecular complexity index is 1520. The zero-order chi connectivity index (χ0) is 28.7. The Hall–Kier alpha value is -4.29. The van der Waals surface area contributed by atoms with Crippen molar-refractivity contribution in [2.24, 2.45) is 0 Å². The molecule has 0 aliphatic rings. The summed E-state index contributed by atoms with van der Waals surface area (Å²) in [5.74, 6) is -1.46. The Morgan fingerprint density at radius 2 is 1.97 bits per heavy atom. The molecule has 0 saturated carbocycles. The number of anilines is 1. The summed E-state index contributed by atoms with van der Waals surface area (Å²) in [5, 5.41) is 19.2. The molecule has 18 heteroatoms. The number of nitrogens with one attached hydrogen (secondary N) is 1. The maximum absolute atomic E-state index is 13.0. The maximum Gasteiger partial charge on any atom is 0.328 e. The van der Waals surface area contributed by atoms with E-state index in [2.05, 4.69) is 15.2 Å². The van der Waals surface area contributed by atoms with Crippen molar-refractivity contribution in [1.29, 1.82) is 0 Å². The molecule has 0 aliphatic heterocycles. The summed E-state index contributed by atoms with van der Waals surface area (Å²) < 4.78 is 28.8. The number of esters is 1. The quantitative estimate of drug-likeness (QED) is 0.129. The van der Waals surface area contributed by atoms with Gasteiger partial charge in [0.15, 0.2) is 5.01 Å². The Balaban J connectivity index is 1.83. The SMILES string of the molecule is CCOC(=O)CN(CCN(c1nnc(-c2ccccc2[N+](=O)[O-])s1)S(=O)O)C(=O)Cn1cc(C)c(=O)[nH]c1=O. The molecule has 0 saturated heterocycles. The zero-order valence-corrected chi connectivity index (χ0v) is 22.3. The third-order valence-electron chi connectivity index (χ3n) is 5.19. The number of hydrogen-bond acceptors (Lipinski definition) is 11. The Morgan fingerprint density at radius 1 is 1.26 bits per heavy atom. The zero-order valence-electron chi connectivity index (χ0n) is 20.6. The van der Waals surface area contributed by atoms with Gasteiger partial charge in [-0.05, 0) is 19.9 Å². The van der Waals surface area contributed by atoms with Crippen molar-refractivity contribution in [2.75, 3.05) is 30.5 Å². The van der Waals surface area contributed by atoms with Gasteiger partial charge in [-0.1, -0.05) is 23.5 Å². The van der Waals surface area contributed by atoms with E-state index in [0.717, 1.165) is 25.1 Å². The summed E-state index contributed by atoms with van der Waals surface area (Å²) >= 11 is -1.83. The normalized spacial score (nSPS) is 11.6. The van der Waals surface area contributed by atoms with Gasteiger partial charge < -0.3 is 9.64 Å². The summed E-state index contributed by atoms with van der Waals surface area (Å²) in [4.78, 5) is 62.8. The second kappa shape index (κ2) is 13.0. The number of nitro benzene ring substituents is 1. The molecule has 1 aromatic carbocycles. The van der Waals surface area contributed by atoms with Crippen LogP contribution in [0.5, 0.6) is 0 Å². The van der Waals surface area contributed by atoms with Crippen LogP contribution in [0.25, 0.3) is 10.6 Å². The highest BCUT2D eigenvalue weighted by atomic mass is 32.2. The van der Waals surface area contributed by atoms with E-state index in [0.29, 0.717) is 0 Å². The second-order valence-corrected chi connectivity index (χ2v) is 9.67. The summed E-state index contributed by atoms with van der Waals surface area (Å²) in [7, 11) is 0. The third-order valence-corrected chi connectivity index (χ3v) is 7.02. The van der Waals surface area contributed by atoms with Gasteiger partial charge >= 0.3 is 11.7 Å². The molecule has 2 heterocycles. The number of para-hydroxylation sites is 1. The lowest BCUT2D eigenvalue weighted by Gasteiger charge is -2.25. The first kappa shape index (κ1) is 29.3. The van der Waals surface area contributed by atoms with E-state index in [-0.39, 0.29) is 46.6 Å². The summed E-state index contributed by atoms with van der Waals surface area (Å²) in [5.41, 5.74) is -1.31. The van der Waals surface area contributed by atoms with E-state index in [1.54, 1.807) is 13.0 Å². The lowest BCUT2D eigenvalue weighted by atomic mass is 10.2. The molecule has 3 rings (SSSR count). The number of nitrogens with zero attached hydrogens (tertiary/aromatic N) is 6. The molecule has 0 bridgehead atoms. The number of rotatable bonds is 12. The van der Waals surface area contributed by atoms with Crippen LogP contribution >= 0.6 is 11.3 Å². The molecule has 3 aromatic rings. The highest BCUT2D eigenvalue weighted by Crippen LogP contribution is 2.34. The van der Waals surface area contributed by atoms with E-state index in [1.807, 2.05) is 0 Å². The Kier molecular flexibility index (Phi) is 9.74. The molecule has 2 aromatic heterocycles. The van der Waals surface area contributed by atoms with Crippen LogP contribution in [-0.4, -0.2) is 76.5 Å². The van der Waals surface area contributed by atoms with Crippen molar-refractivity contribution in [2.45, 2.75) is 20.4 Å². The summed E-state index contributed by atoms with van der Waals surface area (Å²) in [6.07, 6.45) is 1.20. The molecular formula is C21H23N7O9S2. The van der Waals surface area contributed by atoms with Gasteiger partial charge in [-0.25, -0.2) is 13.3 Å². The minimum absolute atomic E-state index is 0.0470. The third kappa shape index (κ3) is 7.39. The molecule has 1 atom stereocenters. The van der Waals surface area contributed by atoms with Gasteiger partial charge in [0, 0.05) is 24.4 Å². The van der Waals surface area contributed by atoms with Crippen molar-refractivity contribution in [3.8, 4) is 10.6 Å². The number of aromatic nitrogens is 4. The minimum atomic E-state index is -2.65. The van der Waals surface area contributed by atoms with Gasteiger partial charge in [-0.2, -0.15) is 0 Å². The van der Waals surface area contributed by atoms with Crippen LogP contribution in [0.4, 0.5) is 10.8 Å². The van der Waals surface area contributed by atoms with Crippen LogP contribution < -0.4 is 15.6 Å². The number of hydrogen-bond donors (Lipinski definition) is 2. The molecular weight excluding hydrogens is 558 g/mol. The predicted molar refractivity (Wildman–Crippen MR) is 139 cm³/mol. The number of aromatic amines is 1. The van der Waals surface area contributed by atoms with Gasteiger partial charge in [0.05, 0.1) is 23.6 Å². The fraction of sp³-hybridized carbons (Fsp3) is 0.333. The molecule has 1 unspecified atom stereocenters. The molecule has 16 nitrogen and oxygen atoms in total. The van der Waals surface area contributed by atoms with E-state index in [1.165, 1.54) is 31.3 Å². The smallest absolute Gasteiger partial charge is 0.328 e. The number of H-pyrrole nitrogens is 1. The van der Waals surface area contributed by atoms with E-state index < -0.39 is 52.4 Å². The van der Waals surface area contributed by atoms with Crippen LogP contribution in [0.2, 0.25) is 0 Å². The second-order valence-electron chi connectivity index (χ2n) is 7.82. The van der Waals surface area contributed by atoms with E-state index >= 15 is 0 Å². The largest absolute Gasteiger partial charge is 0.465 e. The first-order valence-corrected chi connectivity index (χ1v) is 13.1. The Labute approximate surface area is 226 Å². The van der Waals surface area contributed by atoms with Gasteiger partial charge in [0.2, 0.25) is 11.0 Å². The minimum Gasteiger partial charge on any atom is -0.465 e. The van der Waals surface area contributed by atoms with Crippen LogP contribution in [0.1, 0.15) is 12.5 Å². The first-order chi connectivity index (χ1) is 18.5. The Morgan fingerprint density at radius 3 is 2.64 bits per heavy atom. The van der Waals surface area contributed by atoms with Crippen molar-refractivity contribution in [3.63, 3.8) is 0 Å². The van der Waals surface area contributed by atoms with Gasteiger partial charge in [0.25, 0.3) is 22.5 Å². The average Bonchev–Trinajstić information content (AvgIpc) is 3.36. The molecule has 208 valence electrons. The molecule has 2 N–H and O–H groups in total. The lowest BCUT2D eigenvalue weighted by Crippen LogP contribution is -2.45. The number of nitro groups is 1. The van der Waals surface area contributed by atoms with Crippen molar-refractivity contribution < 1.29 is 28.0 Å². The number of aryl methyl sites for hydroxylation is 1. The molecule has 0 aliphatic carbocycles.